The Morgan fingerprint density at radius 3 is 2.52 bits per heavy atom. The SMILES string of the molecule is CCOc1cc(C=NN=C(N)N)c(Br)c(Br)c1OC(C)C. The number of ether oxygens (including phenoxy) is 2. The first-order chi connectivity index (χ1) is 9.86. The molecule has 116 valence electrons. The van der Waals surface area contributed by atoms with E-state index in [1.165, 1.54) is 6.21 Å². The lowest BCUT2D eigenvalue weighted by atomic mass is 10.2. The minimum absolute atomic E-state index is 0.0218. The van der Waals surface area contributed by atoms with E-state index in [0.29, 0.717) is 18.1 Å². The van der Waals surface area contributed by atoms with Crippen molar-refractivity contribution in [3.8, 4) is 11.5 Å². The molecule has 1 aromatic rings. The van der Waals surface area contributed by atoms with Gasteiger partial charge in [-0.05, 0) is 58.7 Å². The van der Waals surface area contributed by atoms with Gasteiger partial charge in [0.25, 0.3) is 0 Å². The Hall–Kier alpha value is -1.28. The molecule has 0 unspecified atom stereocenters. The maximum Gasteiger partial charge on any atom is 0.211 e. The Labute approximate surface area is 140 Å². The molecule has 0 bridgehead atoms. The van der Waals surface area contributed by atoms with E-state index in [0.717, 1.165) is 14.5 Å². The summed E-state index contributed by atoms with van der Waals surface area (Å²) in [6.45, 7) is 6.32. The average Bonchev–Trinajstić information content (AvgIpc) is 2.39. The molecule has 1 rings (SSSR count). The standard InChI is InChI=1S/C13H18Br2N4O2/c1-4-20-9-5-8(6-18-19-13(16)17)10(14)11(15)12(9)21-7(2)3/h5-7H,4H2,1-3H3,(H4,16,17,19). The van der Waals surface area contributed by atoms with Gasteiger partial charge in [-0.2, -0.15) is 5.10 Å². The Morgan fingerprint density at radius 2 is 2.00 bits per heavy atom. The molecule has 8 heteroatoms. The van der Waals surface area contributed by atoms with Crippen LogP contribution in [0.15, 0.2) is 25.2 Å². The van der Waals surface area contributed by atoms with Gasteiger partial charge in [0.05, 0.1) is 23.4 Å². The molecule has 0 fully saturated rings. The highest BCUT2D eigenvalue weighted by molar-refractivity contribution is 9.13. The molecule has 6 nitrogen and oxygen atoms in total. The molecule has 4 N–H and O–H groups in total. The first-order valence-electron chi connectivity index (χ1n) is 6.30. The summed E-state index contributed by atoms with van der Waals surface area (Å²) in [5.74, 6) is 1.15. The van der Waals surface area contributed by atoms with Crippen molar-refractivity contribution >= 4 is 44.0 Å². The van der Waals surface area contributed by atoms with E-state index in [-0.39, 0.29) is 12.1 Å². The topological polar surface area (TPSA) is 95.2 Å². The van der Waals surface area contributed by atoms with Crippen LogP contribution in [0.3, 0.4) is 0 Å². The van der Waals surface area contributed by atoms with E-state index in [9.17, 15) is 0 Å². The highest BCUT2D eigenvalue weighted by Gasteiger charge is 2.17. The zero-order valence-electron chi connectivity index (χ0n) is 12.1. The highest BCUT2D eigenvalue weighted by Crippen LogP contribution is 2.42. The number of hydrogen-bond acceptors (Lipinski definition) is 4. The lowest BCUT2D eigenvalue weighted by Crippen LogP contribution is -2.21. The number of nitrogens with zero attached hydrogens (tertiary/aromatic N) is 2. The molecule has 0 saturated heterocycles. The van der Waals surface area contributed by atoms with Crippen LogP contribution in [-0.4, -0.2) is 24.9 Å². The summed E-state index contributed by atoms with van der Waals surface area (Å²) >= 11 is 6.99. The van der Waals surface area contributed by atoms with Crippen molar-refractivity contribution in [3.63, 3.8) is 0 Å². The van der Waals surface area contributed by atoms with Crippen molar-refractivity contribution in [2.75, 3.05) is 6.61 Å². The van der Waals surface area contributed by atoms with Crippen molar-refractivity contribution in [2.45, 2.75) is 26.9 Å². The third-order valence-electron chi connectivity index (χ3n) is 2.18. The van der Waals surface area contributed by atoms with Crippen LogP contribution in [0, 0.1) is 0 Å². The minimum atomic E-state index is -0.105. The van der Waals surface area contributed by atoms with Gasteiger partial charge in [-0.3, -0.25) is 0 Å². The molecular weight excluding hydrogens is 404 g/mol. The Balaban J connectivity index is 3.29. The van der Waals surface area contributed by atoms with Crippen molar-refractivity contribution in [3.05, 3.63) is 20.6 Å². The fourth-order valence-electron chi connectivity index (χ4n) is 1.46. The highest BCUT2D eigenvalue weighted by atomic mass is 79.9. The molecule has 0 heterocycles. The van der Waals surface area contributed by atoms with Crippen LogP contribution in [0.2, 0.25) is 0 Å². The van der Waals surface area contributed by atoms with Crippen molar-refractivity contribution in [1.29, 1.82) is 0 Å². The quantitative estimate of drug-likeness (QED) is 0.419. The predicted molar refractivity (Wildman–Crippen MR) is 92.2 cm³/mol. The van der Waals surface area contributed by atoms with E-state index < -0.39 is 0 Å². The summed E-state index contributed by atoms with van der Waals surface area (Å²) in [4.78, 5) is 0. The van der Waals surface area contributed by atoms with E-state index in [2.05, 4.69) is 42.1 Å². The van der Waals surface area contributed by atoms with Gasteiger partial charge in [-0.25, -0.2) is 0 Å². The summed E-state index contributed by atoms with van der Waals surface area (Å²) in [5, 5.41) is 7.37. The second kappa shape index (κ2) is 8.23. The van der Waals surface area contributed by atoms with Crippen LogP contribution in [0.1, 0.15) is 26.3 Å². The Bertz CT molecular complexity index is 556. The number of guanidine groups is 1. The molecule has 0 aliphatic carbocycles. The second-order valence-corrected chi connectivity index (χ2v) is 5.88. The number of nitrogens with two attached hydrogens (primary N) is 2. The summed E-state index contributed by atoms with van der Waals surface area (Å²) < 4.78 is 12.9. The molecule has 21 heavy (non-hydrogen) atoms. The number of hydrogen-bond donors (Lipinski definition) is 2. The van der Waals surface area contributed by atoms with Crippen LogP contribution < -0.4 is 20.9 Å². The van der Waals surface area contributed by atoms with Crippen molar-refractivity contribution in [1.82, 2.24) is 0 Å². The summed E-state index contributed by atoms with van der Waals surface area (Å²) in [5.41, 5.74) is 11.2. The third kappa shape index (κ3) is 5.20. The summed E-state index contributed by atoms with van der Waals surface area (Å²) in [7, 11) is 0. The van der Waals surface area contributed by atoms with Gasteiger partial charge >= 0.3 is 0 Å². The zero-order valence-corrected chi connectivity index (χ0v) is 15.2. The van der Waals surface area contributed by atoms with Gasteiger partial charge in [-0.15, -0.1) is 5.10 Å². The van der Waals surface area contributed by atoms with E-state index in [1.807, 2.05) is 26.8 Å². The molecule has 1 aromatic carbocycles. The predicted octanol–water partition coefficient (Wildman–Crippen LogP) is 3.00. The van der Waals surface area contributed by atoms with E-state index in [4.69, 9.17) is 20.9 Å². The number of halogens is 2. The summed E-state index contributed by atoms with van der Waals surface area (Å²) in [6, 6.07) is 1.81. The maximum atomic E-state index is 5.79. The largest absolute Gasteiger partial charge is 0.490 e. The minimum Gasteiger partial charge on any atom is -0.490 e. The first kappa shape index (κ1) is 17.8. The second-order valence-electron chi connectivity index (χ2n) is 4.29. The van der Waals surface area contributed by atoms with E-state index in [1.54, 1.807) is 0 Å². The fourth-order valence-corrected chi connectivity index (χ4v) is 2.38. The lowest BCUT2D eigenvalue weighted by Gasteiger charge is -2.18. The molecule has 0 amide bonds. The van der Waals surface area contributed by atoms with Crippen molar-refractivity contribution in [2.24, 2.45) is 21.7 Å². The van der Waals surface area contributed by atoms with Gasteiger partial charge in [0.1, 0.15) is 0 Å². The van der Waals surface area contributed by atoms with Gasteiger partial charge in [0.15, 0.2) is 11.5 Å². The van der Waals surface area contributed by atoms with Gasteiger partial charge < -0.3 is 20.9 Å². The lowest BCUT2D eigenvalue weighted by molar-refractivity contribution is 0.222. The summed E-state index contributed by atoms with van der Waals surface area (Å²) in [6.07, 6.45) is 1.55. The van der Waals surface area contributed by atoms with Crippen LogP contribution in [0.5, 0.6) is 11.5 Å². The smallest absolute Gasteiger partial charge is 0.211 e. The Kier molecular flexibility index (Phi) is 6.97. The molecule has 0 radical (unpaired) electrons. The molecule has 0 aliphatic rings. The molecular formula is C13H18Br2N4O2. The van der Waals surface area contributed by atoms with Gasteiger partial charge in [0.2, 0.25) is 5.96 Å². The van der Waals surface area contributed by atoms with Crippen LogP contribution in [-0.2, 0) is 0 Å². The molecule has 0 spiro atoms. The van der Waals surface area contributed by atoms with Gasteiger partial charge in [0, 0.05) is 10.0 Å². The first-order valence-corrected chi connectivity index (χ1v) is 7.88. The molecule has 0 atom stereocenters. The maximum absolute atomic E-state index is 5.79. The van der Waals surface area contributed by atoms with Crippen LogP contribution in [0.4, 0.5) is 0 Å². The molecule has 0 aliphatic heterocycles. The van der Waals surface area contributed by atoms with E-state index >= 15 is 0 Å². The number of benzene rings is 1. The van der Waals surface area contributed by atoms with Gasteiger partial charge in [-0.1, -0.05) is 0 Å². The normalized spacial score (nSPS) is 11.0. The monoisotopic (exact) mass is 420 g/mol. The third-order valence-corrected chi connectivity index (χ3v) is 4.32. The number of rotatable bonds is 6. The van der Waals surface area contributed by atoms with Crippen LogP contribution >= 0.6 is 31.9 Å². The zero-order chi connectivity index (χ0) is 16.0. The molecule has 0 aromatic heterocycles. The molecule has 0 saturated carbocycles. The Morgan fingerprint density at radius 1 is 1.33 bits per heavy atom. The van der Waals surface area contributed by atoms with Crippen LogP contribution in [0.25, 0.3) is 0 Å². The fraction of sp³-hybridized carbons (Fsp3) is 0.385. The average molecular weight is 422 g/mol. The van der Waals surface area contributed by atoms with Crippen molar-refractivity contribution < 1.29 is 9.47 Å².